The first-order chi connectivity index (χ1) is 11.4. The summed E-state index contributed by atoms with van der Waals surface area (Å²) in [5, 5.41) is 4.78. The topological polar surface area (TPSA) is 89.5 Å². The minimum Gasteiger partial charge on any atom is -0.375 e. The van der Waals surface area contributed by atoms with Gasteiger partial charge in [0.25, 0.3) is 0 Å². The van der Waals surface area contributed by atoms with Gasteiger partial charge >= 0.3 is 0 Å². The molecule has 3 N–H and O–H groups in total. The number of thiocarbonyl (C=S) groups is 1. The molecule has 0 radical (unpaired) electrons. The molecule has 2 aromatic rings. The third-order valence-electron chi connectivity index (χ3n) is 3.51. The number of Topliss-reactive ketones (excluding diaryl/α,β-unsaturated/α-hetero) is 1. The van der Waals surface area contributed by atoms with Crippen molar-refractivity contribution in [3.05, 3.63) is 34.5 Å². The SMILES string of the molecule is CCC(=O)c1cccc2c(/C=N/NC(N)=S)c(Cl)n(C(=O)CC)c12. The summed E-state index contributed by atoms with van der Waals surface area (Å²) < 4.78 is 1.36. The van der Waals surface area contributed by atoms with Crippen LogP contribution in [0.3, 0.4) is 0 Å². The molecule has 0 aliphatic carbocycles. The van der Waals surface area contributed by atoms with Gasteiger partial charge in [-0.15, -0.1) is 0 Å². The van der Waals surface area contributed by atoms with E-state index in [1.54, 1.807) is 32.0 Å². The highest BCUT2D eigenvalue weighted by molar-refractivity contribution is 7.80. The predicted octanol–water partition coefficient (Wildman–Crippen LogP) is 3.10. The van der Waals surface area contributed by atoms with Gasteiger partial charge in [0, 0.05) is 29.4 Å². The third kappa shape index (κ3) is 3.32. The van der Waals surface area contributed by atoms with E-state index < -0.39 is 0 Å². The Kier molecular flexibility index (Phi) is 5.69. The molecule has 0 spiro atoms. The number of hydrogen-bond donors (Lipinski definition) is 2. The smallest absolute Gasteiger partial charge is 0.232 e. The number of hydrazone groups is 1. The fourth-order valence-corrected chi connectivity index (χ4v) is 2.80. The number of carbonyl (C=O) groups is 2. The summed E-state index contributed by atoms with van der Waals surface area (Å²) in [6.07, 6.45) is 2.01. The van der Waals surface area contributed by atoms with Crippen molar-refractivity contribution in [1.82, 2.24) is 9.99 Å². The number of nitrogens with one attached hydrogen (secondary N) is 1. The van der Waals surface area contributed by atoms with Crippen molar-refractivity contribution in [3.63, 3.8) is 0 Å². The van der Waals surface area contributed by atoms with Crippen molar-refractivity contribution in [1.29, 1.82) is 0 Å². The predicted molar refractivity (Wildman–Crippen MR) is 100 cm³/mol. The van der Waals surface area contributed by atoms with Crippen LogP contribution < -0.4 is 11.2 Å². The molecule has 0 amide bonds. The largest absolute Gasteiger partial charge is 0.375 e. The van der Waals surface area contributed by atoms with Crippen LogP contribution in [0.2, 0.25) is 5.15 Å². The van der Waals surface area contributed by atoms with Crippen LogP contribution in [0, 0.1) is 0 Å². The molecule has 1 aromatic carbocycles. The Morgan fingerprint density at radius 3 is 2.67 bits per heavy atom. The summed E-state index contributed by atoms with van der Waals surface area (Å²) in [7, 11) is 0. The van der Waals surface area contributed by atoms with Gasteiger partial charge in [0.2, 0.25) is 5.91 Å². The van der Waals surface area contributed by atoms with E-state index in [-0.39, 0.29) is 28.4 Å². The molecule has 0 unspecified atom stereocenters. The number of halogens is 1. The average Bonchev–Trinajstić information content (AvgIpc) is 2.85. The summed E-state index contributed by atoms with van der Waals surface area (Å²) in [6, 6.07) is 5.23. The summed E-state index contributed by atoms with van der Waals surface area (Å²) in [5.74, 6) is -0.270. The molecule has 6 nitrogen and oxygen atoms in total. The van der Waals surface area contributed by atoms with Gasteiger partial charge in [-0.05, 0) is 18.3 Å². The maximum Gasteiger partial charge on any atom is 0.232 e. The molecule has 2 rings (SSSR count). The zero-order valence-corrected chi connectivity index (χ0v) is 14.9. The highest BCUT2D eigenvalue weighted by Gasteiger charge is 2.22. The second kappa shape index (κ2) is 7.55. The van der Waals surface area contributed by atoms with Gasteiger partial charge in [-0.2, -0.15) is 5.10 Å². The van der Waals surface area contributed by atoms with Crippen molar-refractivity contribution < 1.29 is 9.59 Å². The van der Waals surface area contributed by atoms with Crippen LogP contribution in [0.15, 0.2) is 23.3 Å². The van der Waals surface area contributed by atoms with E-state index >= 15 is 0 Å². The fourth-order valence-electron chi connectivity index (χ4n) is 2.42. The lowest BCUT2D eigenvalue weighted by molar-refractivity contribution is 0.0914. The minimum absolute atomic E-state index is 0.0117. The second-order valence-corrected chi connectivity index (χ2v) is 5.80. The zero-order valence-electron chi connectivity index (χ0n) is 13.3. The number of nitrogens with zero attached hydrogens (tertiary/aromatic N) is 2. The van der Waals surface area contributed by atoms with Gasteiger partial charge < -0.3 is 5.73 Å². The normalized spacial score (nSPS) is 11.1. The molecule has 0 aliphatic heterocycles. The van der Waals surface area contributed by atoms with Crippen LogP contribution in [0.1, 0.15) is 47.4 Å². The van der Waals surface area contributed by atoms with Gasteiger partial charge in [-0.1, -0.05) is 37.6 Å². The van der Waals surface area contributed by atoms with Crippen molar-refractivity contribution in [2.45, 2.75) is 26.7 Å². The zero-order chi connectivity index (χ0) is 17.9. The molecular weight excluding hydrogens is 348 g/mol. The highest BCUT2D eigenvalue weighted by Crippen LogP contribution is 2.32. The molecule has 1 aromatic heterocycles. The van der Waals surface area contributed by atoms with E-state index in [1.807, 2.05) is 0 Å². The van der Waals surface area contributed by atoms with E-state index in [1.165, 1.54) is 10.8 Å². The Morgan fingerprint density at radius 2 is 2.08 bits per heavy atom. The van der Waals surface area contributed by atoms with Crippen LogP contribution in [0.5, 0.6) is 0 Å². The number of rotatable bonds is 5. The first-order valence-corrected chi connectivity index (χ1v) is 8.18. The van der Waals surface area contributed by atoms with Gasteiger partial charge in [-0.3, -0.25) is 19.6 Å². The van der Waals surface area contributed by atoms with Crippen molar-refractivity contribution >= 4 is 57.7 Å². The van der Waals surface area contributed by atoms with Crippen LogP contribution in [0.25, 0.3) is 10.9 Å². The molecule has 0 saturated carbocycles. The van der Waals surface area contributed by atoms with Crippen LogP contribution in [-0.2, 0) is 0 Å². The fraction of sp³-hybridized carbons (Fsp3) is 0.250. The first kappa shape index (κ1) is 18.1. The van der Waals surface area contributed by atoms with Gasteiger partial charge in [0.1, 0.15) is 5.15 Å². The van der Waals surface area contributed by atoms with Crippen molar-refractivity contribution in [3.8, 4) is 0 Å². The Hall–Kier alpha value is -2.25. The molecule has 8 heteroatoms. The lowest BCUT2D eigenvalue weighted by Crippen LogP contribution is -2.24. The number of carbonyl (C=O) groups excluding carboxylic acids is 2. The molecule has 0 atom stereocenters. The van der Waals surface area contributed by atoms with E-state index in [0.717, 1.165) is 0 Å². The maximum atomic E-state index is 12.4. The van der Waals surface area contributed by atoms with Crippen LogP contribution >= 0.6 is 23.8 Å². The quantitative estimate of drug-likeness (QED) is 0.368. The van der Waals surface area contributed by atoms with E-state index in [4.69, 9.17) is 29.6 Å². The Labute approximate surface area is 149 Å². The minimum atomic E-state index is -0.205. The Bertz CT molecular complexity index is 857. The second-order valence-electron chi connectivity index (χ2n) is 5.00. The first-order valence-electron chi connectivity index (χ1n) is 7.40. The highest BCUT2D eigenvalue weighted by atomic mass is 35.5. The molecule has 0 aliphatic rings. The summed E-state index contributed by atoms with van der Waals surface area (Å²) in [5.41, 5.74) is 9.25. The number of nitrogens with two attached hydrogens (primary N) is 1. The molecule has 1 heterocycles. The molecule has 0 fully saturated rings. The standard InChI is InChI=1S/C16H17ClN4O2S/c1-3-12(22)10-7-5-6-9-11(8-19-20-16(18)24)15(17)21(14(9)10)13(23)4-2/h5-8H,3-4H2,1-2H3,(H3,18,20,24)/b19-8+. The summed E-state index contributed by atoms with van der Waals surface area (Å²) in [4.78, 5) is 24.6. The van der Waals surface area contributed by atoms with Crippen LogP contribution in [-0.4, -0.2) is 27.6 Å². The third-order valence-corrected chi connectivity index (χ3v) is 3.97. The van der Waals surface area contributed by atoms with E-state index in [9.17, 15) is 9.59 Å². The Morgan fingerprint density at radius 1 is 1.38 bits per heavy atom. The maximum absolute atomic E-state index is 12.4. The average molecular weight is 365 g/mol. The molecule has 24 heavy (non-hydrogen) atoms. The van der Waals surface area contributed by atoms with E-state index in [0.29, 0.717) is 28.5 Å². The van der Waals surface area contributed by atoms with Gasteiger partial charge in [0.15, 0.2) is 10.9 Å². The monoisotopic (exact) mass is 364 g/mol. The molecular formula is C16H17ClN4O2S. The molecule has 0 saturated heterocycles. The van der Waals surface area contributed by atoms with Gasteiger partial charge in [0.05, 0.1) is 11.7 Å². The van der Waals surface area contributed by atoms with Crippen LogP contribution in [0.4, 0.5) is 0 Å². The number of hydrogen-bond acceptors (Lipinski definition) is 4. The summed E-state index contributed by atoms with van der Waals surface area (Å²) >= 11 is 11.1. The number of ketones is 1. The number of fused-ring (bicyclic) bond motifs is 1. The lowest BCUT2D eigenvalue weighted by atomic mass is 10.0. The lowest BCUT2D eigenvalue weighted by Gasteiger charge is -2.07. The number of aromatic nitrogens is 1. The summed E-state index contributed by atoms with van der Waals surface area (Å²) in [6.45, 7) is 3.50. The number of benzene rings is 1. The number of para-hydroxylation sites is 1. The molecule has 126 valence electrons. The van der Waals surface area contributed by atoms with Crippen molar-refractivity contribution in [2.75, 3.05) is 0 Å². The molecule has 0 bridgehead atoms. The van der Waals surface area contributed by atoms with Crippen molar-refractivity contribution in [2.24, 2.45) is 10.8 Å². The van der Waals surface area contributed by atoms with E-state index in [2.05, 4.69) is 10.5 Å². The van der Waals surface area contributed by atoms with Gasteiger partial charge in [-0.25, -0.2) is 0 Å². The Balaban J connectivity index is 2.79.